The monoisotopic (exact) mass is 532 g/mol. The van der Waals surface area contributed by atoms with Gasteiger partial charge in [-0.2, -0.15) is 0 Å². The molecule has 12 nitrogen and oxygen atoms in total. The molecule has 0 aliphatic rings. The largest absolute Gasteiger partial charge is 0.481 e. The summed E-state index contributed by atoms with van der Waals surface area (Å²) in [6.07, 6.45) is -1.78. The predicted molar refractivity (Wildman–Crippen MR) is 73.5 cm³/mol. The Labute approximate surface area is 197 Å². The third-order valence-electron chi connectivity index (χ3n) is 1.66. The van der Waals surface area contributed by atoms with Crippen molar-refractivity contribution in [2.45, 2.75) is 38.5 Å². The molecule has 0 bridgehead atoms. The molecule has 0 heterocycles. The molecule has 0 aromatic heterocycles. The van der Waals surface area contributed by atoms with Crippen molar-refractivity contribution >= 4 is 35.8 Å². The van der Waals surface area contributed by atoms with Gasteiger partial charge in [-0.1, -0.05) is 0 Å². The van der Waals surface area contributed by atoms with E-state index in [1.165, 1.54) is 0 Å². The molecule has 2 radical (unpaired) electrons. The Hall–Kier alpha value is -0.972. The molecular weight excluding hydrogens is 514 g/mol. The Balaban J connectivity index is -0.0000000817. The molecule has 14 heteroatoms. The average molecular weight is 532 g/mol. The fraction of sp³-hybridized carbons (Fsp3) is 0.500. The third-order valence-corrected chi connectivity index (χ3v) is 1.66. The van der Waals surface area contributed by atoms with E-state index in [-0.39, 0.29) is 104 Å². The van der Waals surface area contributed by atoms with E-state index in [0.29, 0.717) is 0 Å². The molecule has 0 aliphatic carbocycles. The van der Waals surface area contributed by atoms with E-state index in [0.717, 1.165) is 0 Å². The van der Waals surface area contributed by atoms with E-state index >= 15 is 0 Å². The van der Waals surface area contributed by atoms with Gasteiger partial charge in [0.05, 0.1) is 38.5 Å². The summed E-state index contributed by atoms with van der Waals surface area (Å²) < 4.78 is 0. The molecule has 144 valence electrons. The SMILES string of the molecule is O=C(O)CCC(=O)O.O=C(O)CCC(=O)O.O=C(O)CCC(=O)O.[Y].[Y]. The Morgan fingerprint density at radius 2 is 0.423 bits per heavy atom. The van der Waals surface area contributed by atoms with E-state index in [1.807, 2.05) is 0 Å². The first-order valence-corrected chi connectivity index (χ1v) is 6.19. The number of carbonyl (C=O) groups is 6. The third kappa shape index (κ3) is 56.8. The zero-order chi connectivity index (χ0) is 19.7. The molecule has 0 aromatic carbocycles. The van der Waals surface area contributed by atoms with Gasteiger partial charge in [0.2, 0.25) is 0 Å². The molecule has 0 unspecified atom stereocenters. The summed E-state index contributed by atoms with van der Waals surface area (Å²) >= 11 is 0. The number of carboxylic acid groups (broad SMARTS) is 6. The summed E-state index contributed by atoms with van der Waals surface area (Å²) in [4.78, 5) is 57.8. The minimum atomic E-state index is -1.08. The van der Waals surface area contributed by atoms with Gasteiger partial charge in [0, 0.05) is 65.4 Å². The first kappa shape index (κ1) is 36.0. The van der Waals surface area contributed by atoms with Gasteiger partial charge in [0.15, 0.2) is 0 Å². The smallest absolute Gasteiger partial charge is 0.303 e. The zero-order valence-corrected chi connectivity index (χ0v) is 19.2. The summed E-state index contributed by atoms with van der Waals surface area (Å²) in [6, 6.07) is 0. The van der Waals surface area contributed by atoms with Crippen molar-refractivity contribution in [2.24, 2.45) is 0 Å². The van der Waals surface area contributed by atoms with E-state index in [9.17, 15) is 28.8 Å². The first-order chi connectivity index (χ1) is 10.9. The minimum absolute atomic E-state index is 0. The standard InChI is InChI=1S/3C4H6O4.2Y/c3*5-3(6)1-2-4(7)8;;/h3*1-2H2,(H,5,6)(H,7,8);;. The summed E-state index contributed by atoms with van der Waals surface area (Å²) in [5.74, 6) is -6.46. The molecule has 0 saturated carbocycles. The molecule has 0 atom stereocenters. The molecule has 0 aliphatic heterocycles. The number of hydrogen-bond donors (Lipinski definition) is 6. The van der Waals surface area contributed by atoms with Crippen molar-refractivity contribution in [2.75, 3.05) is 0 Å². The molecule has 6 N–H and O–H groups in total. The van der Waals surface area contributed by atoms with Gasteiger partial charge < -0.3 is 30.6 Å². The number of carboxylic acids is 6. The van der Waals surface area contributed by atoms with Crippen LogP contribution in [0.5, 0.6) is 0 Å². The number of rotatable bonds is 9. The molecule has 26 heavy (non-hydrogen) atoms. The van der Waals surface area contributed by atoms with Crippen LogP contribution in [0.1, 0.15) is 38.5 Å². The molecule has 0 amide bonds. The Morgan fingerprint density at radius 3 is 0.462 bits per heavy atom. The maximum Gasteiger partial charge on any atom is 0.303 e. The molecule has 0 spiro atoms. The van der Waals surface area contributed by atoms with Gasteiger partial charge in [-0.05, 0) is 0 Å². The molecule has 0 fully saturated rings. The predicted octanol–water partition coefficient (Wildman–Crippen LogP) is -0.198. The second-order valence-electron chi connectivity index (χ2n) is 3.86. The molecule has 0 saturated heterocycles. The van der Waals surface area contributed by atoms with E-state index in [4.69, 9.17) is 30.6 Å². The van der Waals surface area contributed by atoms with Crippen molar-refractivity contribution in [1.29, 1.82) is 0 Å². The summed E-state index contributed by atoms with van der Waals surface area (Å²) in [5, 5.41) is 47.4. The van der Waals surface area contributed by atoms with Crippen LogP contribution in [0.25, 0.3) is 0 Å². The summed E-state index contributed by atoms with van der Waals surface area (Å²) in [7, 11) is 0. The second kappa shape index (κ2) is 24.0. The Morgan fingerprint density at radius 1 is 0.346 bits per heavy atom. The van der Waals surface area contributed by atoms with Gasteiger partial charge in [0.25, 0.3) is 0 Å². The maximum atomic E-state index is 9.64. The van der Waals surface area contributed by atoms with Gasteiger partial charge in [-0.25, -0.2) is 0 Å². The van der Waals surface area contributed by atoms with Gasteiger partial charge >= 0.3 is 35.8 Å². The second-order valence-corrected chi connectivity index (χ2v) is 3.86. The van der Waals surface area contributed by atoms with Crippen LogP contribution < -0.4 is 0 Å². The first-order valence-electron chi connectivity index (χ1n) is 6.19. The van der Waals surface area contributed by atoms with E-state index < -0.39 is 35.8 Å². The minimum Gasteiger partial charge on any atom is -0.481 e. The van der Waals surface area contributed by atoms with Crippen molar-refractivity contribution in [1.82, 2.24) is 0 Å². The quantitative estimate of drug-likeness (QED) is 0.227. The van der Waals surface area contributed by atoms with E-state index in [2.05, 4.69) is 0 Å². The van der Waals surface area contributed by atoms with Crippen molar-refractivity contribution in [3.63, 3.8) is 0 Å². The van der Waals surface area contributed by atoms with Crippen LogP contribution in [0, 0.1) is 0 Å². The van der Waals surface area contributed by atoms with Crippen molar-refractivity contribution in [3.05, 3.63) is 0 Å². The zero-order valence-electron chi connectivity index (χ0n) is 13.5. The topological polar surface area (TPSA) is 224 Å². The van der Waals surface area contributed by atoms with Crippen LogP contribution in [0.15, 0.2) is 0 Å². The van der Waals surface area contributed by atoms with Gasteiger partial charge in [0.1, 0.15) is 0 Å². The van der Waals surface area contributed by atoms with E-state index in [1.54, 1.807) is 0 Å². The number of hydrogen-bond acceptors (Lipinski definition) is 6. The maximum absolute atomic E-state index is 9.64. The number of aliphatic carboxylic acids is 6. The van der Waals surface area contributed by atoms with Crippen LogP contribution in [0.3, 0.4) is 0 Å². The van der Waals surface area contributed by atoms with Crippen LogP contribution in [-0.4, -0.2) is 66.5 Å². The van der Waals surface area contributed by atoms with Gasteiger partial charge in [-0.15, -0.1) is 0 Å². The Kier molecular flexibility index (Phi) is 33.3. The van der Waals surface area contributed by atoms with Crippen molar-refractivity contribution in [3.8, 4) is 0 Å². The molecule has 0 aromatic rings. The van der Waals surface area contributed by atoms with Crippen LogP contribution >= 0.6 is 0 Å². The van der Waals surface area contributed by atoms with Gasteiger partial charge in [-0.3, -0.25) is 28.8 Å². The van der Waals surface area contributed by atoms with Crippen molar-refractivity contribution < 1.29 is 125 Å². The van der Waals surface area contributed by atoms with Crippen LogP contribution in [0.2, 0.25) is 0 Å². The molecule has 0 rings (SSSR count). The Bertz CT molecular complexity index is 355. The summed E-state index contributed by atoms with van der Waals surface area (Å²) in [6.45, 7) is 0. The average Bonchev–Trinajstić information content (AvgIpc) is 2.42. The fourth-order valence-corrected chi connectivity index (χ4v) is 0.642. The normalized spacial score (nSPS) is 7.85. The van der Waals surface area contributed by atoms with Crippen LogP contribution in [0.4, 0.5) is 0 Å². The van der Waals surface area contributed by atoms with Crippen LogP contribution in [-0.2, 0) is 94.2 Å². The molecular formula is C12H18O12Y2. The summed E-state index contributed by atoms with van der Waals surface area (Å²) in [5.41, 5.74) is 0. The fourth-order valence-electron chi connectivity index (χ4n) is 0.642.